The van der Waals surface area contributed by atoms with Crippen LogP contribution < -0.4 is 10.6 Å². The summed E-state index contributed by atoms with van der Waals surface area (Å²) in [6.07, 6.45) is 1.71. The summed E-state index contributed by atoms with van der Waals surface area (Å²) < 4.78 is 0. The molecule has 0 spiro atoms. The van der Waals surface area contributed by atoms with Crippen molar-refractivity contribution >= 4 is 23.1 Å². The molecule has 0 aliphatic heterocycles. The van der Waals surface area contributed by atoms with Crippen molar-refractivity contribution < 1.29 is 0 Å². The number of rotatable bonds is 5. The van der Waals surface area contributed by atoms with Crippen LogP contribution in [0.5, 0.6) is 0 Å². The van der Waals surface area contributed by atoms with Crippen molar-refractivity contribution in [3.63, 3.8) is 0 Å². The molecule has 5 heteroatoms. The maximum Gasteiger partial charge on any atom is 0.229 e. The molecule has 0 radical (unpaired) electrons. The van der Waals surface area contributed by atoms with Gasteiger partial charge in [0.15, 0.2) is 0 Å². The molecule has 31 heavy (non-hydrogen) atoms. The Morgan fingerprint density at radius 2 is 1.45 bits per heavy atom. The van der Waals surface area contributed by atoms with E-state index in [-0.39, 0.29) is 0 Å². The lowest BCUT2D eigenvalue weighted by Crippen LogP contribution is -2.02. The molecule has 4 rings (SSSR count). The minimum atomic E-state index is 0.487. The van der Waals surface area contributed by atoms with Crippen molar-refractivity contribution in [1.82, 2.24) is 9.97 Å². The molecule has 1 aromatic heterocycles. The van der Waals surface area contributed by atoms with Gasteiger partial charge < -0.3 is 10.6 Å². The number of nitriles is 1. The van der Waals surface area contributed by atoms with Crippen LogP contribution in [0, 0.1) is 32.1 Å². The Hall–Kier alpha value is -4.17. The second-order valence-corrected chi connectivity index (χ2v) is 7.56. The Labute approximate surface area is 182 Å². The fraction of sp³-hybridized carbons (Fsp3) is 0.115. The van der Waals surface area contributed by atoms with E-state index in [4.69, 9.17) is 5.26 Å². The normalized spacial score (nSPS) is 10.4. The Kier molecular flexibility index (Phi) is 5.63. The molecule has 1 heterocycles. The number of aromatic nitrogens is 2. The summed E-state index contributed by atoms with van der Waals surface area (Å²) in [5, 5.41) is 15.5. The molecule has 5 nitrogen and oxygen atoms in total. The molecule has 0 amide bonds. The van der Waals surface area contributed by atoms with Crippen molar-refractivity contribution in [1.29, 1.82) is 5.26 Å². The van der Waals surface area contributed by atoms with Gasteiger partial charge in [0.25, 0.3) is 0 Å². The van der Waals surface area contributed by atoms with Gasteiger partial charge >= 0.3 is 0 Å². The van der Waals surface area contributed by atoms with E-state index in [0.29, 0.717) is 17.3 Å². The Balaban J connectivity index is 1.55. The van der Waals surface area contributed by atoms with E-state index in [1.54, 1.807) is 18.3 Å². The average Bonchev–Trinajstić information content (AvgIpc) is 2.77. The van der Waals surface area contributed by atoms with E-state index < -0.39 is 0 Å². The van der Waals surface area contributed by atoms with Crippen LogP contribution in [-0.2, 0) is 0 Å². The second kappa shape index (κ2) is 8.68. The average molecular weight is 406 g/mol. The van der Waals surface area contributed by atoms with E-state index >= 15 is 0 Å². The van der Waals surface area contributed by atoms with Crippen LogP contribution in [0.2, 0.25) is 0 Å². The highest BCUT2D eigenvalue weighted by Crippen LogP contribution is 2.30. The number of benzene rings is 3. The lowest BCUT2D eigenvalue weighted by atomic mass is 9.98. The first kappa shape index (κ1) is 20.1. The second-order valence-electron chi connectivity index (χ2n) is 7.56. The largest absolute Gasteiger partial charge is 0.340 e. The summed E-state index contributed by atoms with van der Waals surface area (Å²) in [6, 6.07) is 24.1. The fourth-order valence-electron chi connectivity index (χ4n) is 3.45. The number of nitrogens with zero attached hydrogens (tertiary/aromatic N) is 3. The van der Waals surface area contributed by atoms with E-state index in [1.165, 1.54) is 16.7 Å². The molecule has 152 valence electrons. The Morgan fingerprint density at radius 1 is 0.774 bits per heavy atom. The van der Waals surface area contributed by atoms with Gasteiger partial charge in [-0.2, -0.15) is 10.2 Å². The van der Waals surface area contributed by atoms with Crippen LogP contribution in [0.4, 0.5) is 23.1 Å². The standard InChI is InChI=1S/C26H23N5/c1-17-4-8-21(9-5-17)22-14-18(2)25(19(3)15-22)30-24-12-13-28-26(31-24)29-23-10-6-20(16-27)7-11-23/h4-15H,1-3H3,(H2,28,29,30,31). The first-order valence-electron chi connectivity index (χ1n) is 10.1. The van der Waals surface area contributed by atoms with Crippen LogP contribution in [0.1, 0.15) is 22.3 Å². The molecule has 0 atom stereocenters. The summed E-state index contributed by atoms with van der Waals surface area (Å²) in [5.74, 6) is 1.20. The third-order valence-electron chi connectivity index (χ3n) is 5.10. The predicted molar refractivity (Wildman–Crippen MR) is 126 cm³/mol. The zero-order chi connectivity index (χ0) is 21.8. The van der Waals surface area contributed by atoms with Gasteiger partial charge in [-0.25, -0.2) is 4.98 Å². The molecule has 3 aromatic carbocycles. The molecule has 0 bridgehead atoms. The van der Waals surface area contributed by atoms with Gasteiger partial charge in [-0.3, -0.25) is 0 Å². The molecule has 2 N–H and O–H groups in total. The van der Waals surface area contributed by atoms with Crippen molar-refractivity contribution in [3.8, 4) is 17.2 Å². The third kappa shape index (κ3) is 4.71. The minimum absolute atomic E-state index is 0.487. The van der Waals surface area contributed by atoms with Crippen LogP contribution >= 0.6 is 0 Å². The van der Waals surface area contributed by atoms with Crippen LogP contribution in [0.15, 0.2) is 72.9 Å². The first-order chi connectivity index (χ1) is 15.0. The molecule has 0 unspecified atom stereocenters. The topological polar surface area (TPSA) is 73.6 Å². The lowest BCUT2D eigenvalue weighted by molar-refractivity contribution is 1.16. The van der Waals surface area contributed by atoms with Gasteiger partial charge in [0.05, 0.1) is 11.6 Å². The molecular formula is C26H23N5. The van der Waals surface area contributed by atoms with Crippen LogP contribution in [0.3, 0.4) is 0 Å². The molecule has 0 saturated carbocycles. The highest BCUT2D eigenvalue weighted by atomic mass is 15.1. The Bertz CT molecular complexity index is 1230. The molecule has 0 saturated heterocycles. The molecule has 0 aliphatic carbocycles. The minimum Gasteiger partial charge on any atom is -0.340 e. The van der Waals surface area contributed by atoms with Gasteiger partial charge in [0.1, 0.15) is 5.82 Å². The SMILES string of the molecule is Cc1ccc(-c2cc(C)c(Nc3ccnc(Nc4ccc(C#N)cc4)n3)c(C)c2)cc1. The summed E-state index contributed by atoms with van der Waals surface area (Å²) >= 11 is 0. The van der Waals surface area contributed by atoms with Crippen molar-refractivity contribution in [2.24, 2.45) is 0 Å². The van der Waals surface area contributed by atoms with E-state index in [0.717, 1.165) is 22.5 Å². The maximum absolute atomic E-state index is 8.93. The summed E-state index contributed by atoms with van der Waals surface area (Å²) in [7, 11) is 0. The molecule has 0 aliphatic rings. The van der Waals surface area contributed by atoms with Crippen LogP contribution in [-0.4, -0.2) is 9.97 Å². The van der Waals surface area contributed by atoms with Gasteiger partial charge in [-0.05, 0) is 85.5 Å². The van der Waals surface area contributed by atoms with Crippen molar-refractivity contribution in [3.05, 3.63) is 95.2 Å². The molecule has 0 fully saturated rings. The molecular weight excluding hydrogens is 382 g/mol. The van der Waals surface area contributed by atoms with Gasteiger partial charge in [0, 0.05) is 17.6 Å². The highest BCUT2D eigenvalue weighted by Gasteiger charge is 2.09. The summed E-state index contributed by atoms with van der Waals surface area (Å²) in [6.45, 7) is 6.30. The van der Waals surface area contributed by atoms with E-state index in [9.17, 15) is 0 Å². The van der Waals surface area contributed by atoms with Gasteiger partial charge in [-0.1, -0.05) is 29.8 Å². The van der Waals surface area contributed by atoms with Crippen molar-refractivity contribution in [2.45, 2.75) is 20.8 Å². The predicted octanol–water partition coefficient (Wildman–Crippen LogP) is 6.43. The fourth-order valence-corrected chi connectivity index (χ4v) is 3.45. The lowest BCUT2D eigenvalue weighted by Gasteiger charge is -2.15. The van der Waals surface area contributed by atoms with Gasteiger partial charge in [-0.15, -0.1) is 0 Å². The molecule has 4 aromatic rings. The van der Waals surface area contributed by atoms with Crippen LogP contribution in [0.25, 0.3) is 11.1 Å². The maximum atomic E-state index is 8.93. The number of anilines is 4. The zero-order valence-corrected chi connectivity index (χ0v) is 17.8. The number of hydrogen-bond donors (Lipinski definition) is 2. The zero-order valence-electron chi connectivity index (χ0n) is 17.8. The first-order valence-corrected chi connectivity index (χ1v) is 10.1. The number of aryl methyl sites for hydroxylation is 3. The monoisotopic (exact) mass is 405 g/mol. The van der Waals surface area contributed by atoms with E-state index in [2.05, 4.69) is 83.8 Å². The third-order valence-corrected chi connectivity index (χ3v) is 5.10. The summed E-state index contributed by atoms with van der Waals surface area (Å²) in [4.78, 5) is 8.88. The summed E-state index contributed by atoms with van der Waals surface area (Å²) in [5.41, 5.74) is 8.44. The van der Waals surface area contributed by atoms with E-state index in [1.807, 2.05) is 18.2 Å². The quantitative estimate of drug-likeness (QED) is 0.400. The van der Waals surface area contributed by atoms with Crippen molar-refractivity contribution in [2.75, 3.05) is 10.6 Å². The smallest absolute Gasteiger partial charge is 0.229 e. The highest BCUT2D eigenvalue weighted by molar-refractivity contribution is 5.74. The Morgan fingerprint density at radius 3 is 2.10 bits per heavy atom. The number of nitrogens with one attached hydrogen (secondary N) is 2. The number of hydrogen-bond acceptors (Lipinski definition) is 5. The van der Waals surface area contributed by atoms with Gasteiger partial charge in [0.2, 0.25) is 5.95 Å².